The Morgan fingerprint density at radius 3 is 2.44 bits per heavy atom. The van der Waals surface area contributed by atoms with E-state index >= 15 is 0 Å². The molecule has 2 aromatic carbocycles. The first-order valence-electron chi connectivity index (χ1n) is 11.6. The fourth-order valence-electron chi connectivity index (χ4n) is 4.07. The van der Waals surface area contributed by atoms with Gasteiger partial charge < -0.3 is 20.3 Å². The predicted octanol–water partition coefficient (Wildman–Crippen LogP) is 3.91. The molecule has 8 heteroatoms. The van der Waals surface area contributed by atoms with E-state index in [1.165, 1.54) is 0 Å². The van der Waals surface area contributed by atoms with Gasteiger partial charge in [-0.25, -0.2) is 0 Å². The van der Waals surface area contributed by atoms with Crippen molar-refractivity contribution in [2.24, 2.45) is 5.92 Å². The Hall–Kier alpha value is -3.06. The molecule has 3 rings (SSSR count). The first-order chi connectivity index (χ1) is 16.3. The summed E-state index contributed by atoms with van der Waals surface area (Å²) in [6, 6.07) is 13.1. The largest absolute Gasteiger partial charge is 0.497 e. The molecule has 1 saturated heterocycles. The number of amides is 3. The Bertz CT molecular complexity index is 1020. The summed E-state index contributed by atoms with van der Waals surface area (Å²) in [4.78, 5) is 40.8. The van der Waals surface area contributed by atoms with Crippen molar-refractivity contribution in [1.82, 2.24) is 15.5 Å². The topological polar surface area (TPSA) is 87.7 Å². The molecule has 34 heavy (non-hydrogen) atoms. The summed E-state index contributed by atoms with van der Waals surface area (Å²) < 4.78 is 5.23. The zero-order valence-electron chi connectivity index (χ0n) is 19.8. The maximum atomic E-state index is 13.1. The fourth-order valence-corrected chi connectivity index (χ4v) is 4.29. The van der Waals surface area contributed by atoms with Crippen LogP contribution in [0, 0.1) is 5.92 Å². The smallest absolute Gasteiger partial charge is 0.253 e. The van der Waals surface area contributed by atoms with Crippen molar-refractivity contribution >= 4 is 29.3 Å². The van der Waals surface area contributed by atoms with Crippen LogP contribution in [0.15, 0.2) is 48.5 Å². The maximum absolute atomic E-state index is 13.1. The minimum absolute atomic E-state index is 0.0121. The highest BCUT2D eigenvalue weighted by molar-refractivity contribution is 6.33. The molecule has 7 nitrogen and oxygen atoms in total. The lowest BCUT2D eigenvalue weighted by Gasteiger charge is -2.36. The standard InChI is InChI=1S/C26H32ClN3O4/c1-4-17(2)28-25(32)23(29-24(31)21-10-5-6-11-22(21)27)18-12-14-30(15-13-18)26(33)19-8-7-9-20(16-19)34-3/h5-11,16-18,23H,4,12-15H2,1-3H3,(H,28,32)(H,29,31)/t17-,23-/m1/s1. The third-order valence-corrected chi connectivity index (χ3v) is 6.63. The van der Waals surface area contributed by atoms with Crippen molar-refractivity contribution in [2.45, 2.75) is 45.2 Å². The number of nitrogens with zero attached hydrogens (tertiary/aromatic N) is 1. The summed E-state index contributed by atoms with van der Waals surface area (Å²) in [6.07, 6.45) is 1.97. The van der Waals surface area contributed by atoms with Gasteiger partial charge in [-0.15, -0.1) is 0 Å². The van der Waals surface area contributed by atoms with E-state index in [0.717, 1.165) is 6.42 Å². The van der Waals surface area contributed by atoms with Gasteiger partial charge in [0, 0.05) is 24.7 Å². The summed E-state index contributed by atoms with van der Waals surface area (Å²) in [6.45, 7) is 4.91. The quantitative estimate of drug-likeness (QED) is 0.593. The van der Waals surface area contributed by atoms with Crippen molar-refractivity contribution in [3.63, 3.8) is 0 Å². The third kappa shape index (κ3) is 6.29. The summed E-state index contributed by atoms with van der Waals surface area (Å²) in [7, 11) is 1.57. The van der Waals surface area contributed by atoms with Crippen LogP contribution in [0.2, 0.25) is 5.02 Å². The fraction of sp³-hybridized carbons (Fsp3) is 0.423. The first-order valence-corrected chi connectivity index (χ1v) is 12.0. The van der Waals surface area contributed by atoms with Crippen LogP contribution in [-0.2, 0) is 4.79 Å². The Morgan fingerprint density at radius 2 is 1.79 bits per heavy atom. The Labute approximate surface area is 205 Å². The highest BCUT2D eigenvalue weighted by Crippen LogP contribution is 2.24. The van der Waals surface area contributed by atoms with Gasteiger partial charge >= 0.3 is 0 Å². The lowest BCUT2D eigenvalue weighted by molar-refractivity contribution is -0.125. The van der Waals surface area contributed by atoms with Gasteiger partial charge in [-0.05, 0) is 62.4 Å². The predicted molar refractivity (Wildman–Crippen MR) is 132 cm³/mol. The van der Waals surface area contributed by atoms with Gasteiger partial charge in [0.15, 0.2) is 0 Å². The molecule has 1 aliphatic heterocycles. The van der Waals surface area contributed by atoms with E-state index in [-0.39, 0.29) is 29.7 Å². The second kappa shape index (κ2) is 11.9. The Kier molecular flexibility index (Phi) is 8.93. The lowest BCUT2D eigenvalue weighted by atomic mass is 9.88. The van der Waals surface area contributed by atoms with E-state index in [2.05, 4.69) is 10.6 Å². The molecule has 1 fully saturated rings. The molecule has 2 atom stereocenters. The second-order valence-electron chi connectivity index (χ2n) is 8.61. The minimum Gasteiger partial charge on any atom is -0.497 e. The Balaban J connectivity index is 1.71. The lowest BCUT2D eigenvalue weighted by Crippen LogP contribution is -2.55. The van der Waals surface area contributed by atoms with Crippen molar-refractivity contribution in [3.05, 3.63) is 64.7 Å². The van der Waals surface area contributed by atoms with Crippen molar-refractivity contribution < 1.29 is 19.1 Å². The molecule has 0 radical (unpaired) electrons. The van der Waals surface area contributed by atoms with Crippen LogP contribution in [0.1, 0.15) is 53.8 Å². The van der Waals surface area contributed by atoms with Gasteiger partial charge in [-0.1, -0.05) is 36.7 Å². The summed E-state index contributed by atoms with van der Waals surface area (Å²) >= 11 is 6.19. The summed E-state index contributed by atoms with van der Waals surface area (Å²) in [5.74, 6) is -0.148. The van der Waals surface area contributed by atoms with E-state index in [0.29, 0.717) is 47.8 Å². The van der Waals surface area contributed by atoms with Gasteiger partial charge in [-0.2, -0.15) is 0 Å². The molecule has 1 heterocycles. The molecular formula is C26H32ClN3O4. The minimum atomic E-state index is -0.716. The van der Waals surface area contributed by atoms with E-state index in [9.17, 15) is 14.4 Å². The molecule has 0 spiro atoms. The van der Waals surface area contributed by atoms with Crippen LogP contribution >= 0.6 is 11.6 Å². The number of hydrogen-bond donors (Lipinski definition) is 2. The third-order valence-electron chi connectivity index (χ3n) is 6.30. The normalized spacial score (nSPS) is 15.8. The molecule has 0 aromatic heterocycles. The molecule has 2 N–H and O–H groups in total. The first kappa shape index (κ1) is 25.6. The number of carbonyl (C=O) groups is 3. The molecule has 1 aliphatic rings. The van der Waals surface area contributed by atoms with Gasteiger partial charge in [-0.3, -0.25) is 14.4 Å². The van der Waals surface area contributed by atoms with E-state index in [1.54, 1.807) is 60.5 Å². The molecule has 0 unspecified atom stereocenters. The molecule has 2 aromatic rings. The number of carbonyl (C=O) groups excluding carboxylic acids is 3. The van der Waals surface area contributed by atoms with Gasteiger partial charge in [0.05, 0.1) is 17.7 Å². The maximum Gasteiger partial charge on any atom is 0.253 e. The van der Waals surface area contributed by atoms with Crippen LogP contribution in [-0.4, -0.2) is 54.9 Å². The van der Waals surface area contributed by atoms with E-state index < -0.39 is 6.04 Å². The second-order valence-corrected chi connectivity index (χ2v) is 9.02. The highest BCUT2D eigenvalue weighted by Gasteiger charge is 2.34. The number of methoxy groups -OCH3 is 1. The number of likely N-dealkylation sites (tertiary alicyclic amines) is 1. The molecule has 3 amide bonds. The van der Waals surface area contributed by atoms with Gasteiger partial charge in [0.1, 0.15) is 11.8 Å². The number of halogens is 1. The average molecular weight is 486 g/mol. The summed E-state index contributed by atoms with van der Waals surface area (Å²) in [5.41, 5.74) is 0.895. The van der Waals surface area contributed by atoms with E-state index in [4.69, 9.17) is 16.3 Å². The van der Waals surface area contributed by atoms with Crippen molar-refractivity contribution in [3.8, 4) is 5.75 Å². The number of ether oxygens (including phenoxy) is 1. The van der Waals surface area contributed by atoms with Crippen LogP contribution in [0.25, 0.3) is 0 Å². The van der Waals surface area contributed by atoms with Crippen molar-refractivity contribution in [1.29, 1.82) is 0 Å². The zero-order valence-corrected chi connectivity index (χ0v) is 20.6. The highest BCUT2D eigenvalue weighted by atomic mass is 35.5. The number of rotatable bonds is 8. The molecular weight excluding hydrogens is 454 g/mol. The van der Waals surface area contributed by atoms with Crippen molar-refractivity contribution in [2.75, 3.05) is 20.2 Å². The van der Waals surface area contributed by atoms with E-state index in [1.807, 2.05) is 13.8 Å². The summed E-state index contributed by atoms with van der Waals surface area (Å²) in [5, 5.41) is 6.23. The van der Waals surface area contributed by atoms with Gasteiger partial charge in [0.2, 0.25) is 5.91 Å². The van der Waals surface area contributed by atoms with Crippen LogP contribution in [0.5, 0.6) is 5.75 Å². The number of benzene rings is 2. The average Bonchev–Trinajstić information content (AvgIpc) is 2.87. The van der Waals surface area contributed by atoms with Crippen LogP contribution in [0.3, 0.4) is 0 Å². The molecule has 0 aliphatic carbocycles. The molecule has 0 bridgehead atoms. The Morgan fingerprint density at radius 1 is 1.09 bits per heavy atom. The van der Waals surface area contributed by atoms with Crippen LogP contribution < -0.4 is 15.4 Å². The molecule has 0 saturated carbocycles. The number of nitrogens with one attached hydrogen (secondary N) is 2. The number of hydrogen-bond acceptors (Lipinski definition) is 4. The SMILES string of the molecule is CC[C@@H](C)NC(=O)[C@H](NC(=O)c1ccccc1Cl)C1CCN(C(=O)c2cccc(OC)c2)CC1. The van der Waals surface area contributed by atoms with Gasteiger partial charge in [0.25, 0.3) is 11.8 Å². The zero-order chi connectivity index (χ0) is 24.7. The monoisotopic (exact) mass is 485 g/mol. The molecule has 182 valence electrons. The number of piperidine rings is 1. The van der Waals surface area contributed by atoms with Crippen LogP contribution in [0.4, 0.5) is 0 Å².